The summed E-state index contributed by atoms with van der Waals surface area (Å²) in [7, 11) is 4.19. The van der Waals surface area contributed by atoms with E-state index in [4.69, 9.17) is 33.2 Å². The summed E-state index contributed by atoms with van der Waals surface area (Å²) in [6.45, 7) is 1.25. The van der Waals surface area contributed by atoms with Crippen molar-refractivity contribution < 1.29 is 0 Å². The van der Waals surface area contributed by atoms with Gasteiger partial charge >= 0.3 is 0 Å². The van der Waals surface area contributed by atoms with Crippen LogP contribution in [-0.2, 0) is 11.8 Å². The number of likely N-dealkylation sites (N-methyl/N-ethyl adjacent to an activating group) is 1. The lowest BCUT2D eigenvalue weighted by molar-refractivity contribution is 0.170. The van der Waals surface area contributed by atoms with E-state index in [1.807, 2.05) is 6.07 Å². The van der Waals surface area contributed by atoms with Gasteiger partial charge in [-0.3, -0.25) is 4.99 Å². The third-order valence-corrected chi connectivity index (χ3v) is 8.88. The zero-order valence-corrected chi connectivity index (χ0v) is 19.8. The molecule has 2 aromatic rings. The smallest absolute Gasteiger partial charge is 0.118 e. The summed E-state index contributed by atoms with van der Waals surface area (Å²) in [5.41, 5.74) is 3.64. The van der Waals surface area contributed by atoms with Crippen LogP contribution in [0.25, 0.3) is 0 Å². The molecule has 0 N–H and O–H groups in total. The van der Waals surface area contributed by atoms with Crippen LogP contribution in [-0.4, -0.2) is 54.5 Å². The first-order valence-electron chi connectivity index (χ1n) is 10.2. The Kier molecular flexibility index (Phi) is 3.98. The number of fused-ring (bicyclic) bond motifs is 2. The van der Waals surface area contributed by atoms with Crippen LogP contribution in [0.3, 0.4) is 0 Å². The number of amidine groups is 2. The number of hydrogen-bond donors (Lipinski definition) is 0. The van der Waals surface area contributed by atoms with Gasteiger partial charge in [0.25, 0.3) is 0 Å². The number of para-hydroxylation sites is 1. The van der Waals surface area contributed by atoms with Gasteiger partial charge in [-0.05, 0) is 35.7 Å². The third-order valence-electron chi connectivity index (χ3n) is 7.41. The van der Waals surface area contributed by atoms with Crippen LogP contribution in [0.2, 0.25) is 0 Å². The molecule has 4 heterocycles. The summed E-state index contributed by atoms with van der Waals surface area (Å²) in [6.07, 6.45) is 0.789. The fourth-order valence-electron chi connectivity index (χ4n) is 6.28. The molecule has 154 valence electrons. The molecule has 0 unspecified atom stereocenters. The topological polar surface area (TPSA) is 31.2 Å². The van der Waals surface area contributed by atoms with Gasteiger partial charge in [0.05, 0.1) is 33.8 Å². The highest BCUT2D eigenvalue weighted by molar-refractivity contribution is 9.10. The van der Waals surface area contributed by atoms with Gasteiger partial charge in [0, 0.05) is 30.8 Å². The van der Waals surface area contributed by atoms with Gasteiger partial charge < -0.3 is 9.80 Å². The molecule has 6 rings (SSSR count). The SMILES string of the molecule is CN1C[C@H](Cl)[C@]23Cc4ccc(Br)cc4N(C)C2=NC[C@@H](Cl)[C@]32C1=Nc1ccccc12. The number of nitrogens with zero attached hydrogens (tertiary/aromatic N) is 4. The Morgan fingerprint density at radius 3 is 2.70 bits per heavy atom. The van der Waals surface area contributed by atoms with Crippen LogP contribution < -0.4 is 4.90 Å². The molecule has 4 nitrogen and oxygen atoms in total. The summed E-state index contributed by atoms with van der Waals surface area (Å²) < 4.78 is 1.06. The number of halogens is 3. The monoisotopic (exact) mass is 502 g/mol. The molecule has 4 aliphatic heterocycles. The Morgan fingerprint density at radius 2 is 1.87 bits per heavy atom. The van der Waals surface area contributed by atoms with E-state index in [0.717, 1.165) is 28.3 Å². The molecule has 30 heavy (non-hydrogen) atoms. The third kappa shape index (κ3) is 2.05. The predicted octanol–water partition coefficient (Wildman–Crippen LogP) is 4.98. The molecule has 0 aliphatic carbocycles. The normalized spacial score (nSPS) is 33.6. The highest BCUT2D eigenvalue weighted by Gasteiger charge is 2.72. The van der Waals surface area contributed by atoms with Crippen molar-refractivity contribution in [3.63, 3.8) is 0 Å². The second-order valence-corrected chi connectivity index (χ2v) is 10.7. The number of alkyl halides is 2. The van der Waals surface area contributed by atoms with Crippen molar-refractivity contribution >= 4 is 62.2 Å². The van der Waals surface area contributed by atoms with Crippen molar-refractivity contribution in [2.75, 3.05) is 32.1 Å². The number of likely N-dealkylation sites (tertiary alicyclic amines) is 1. The molecule has 2 spiro atoms. The second kappa shape index (κ2) is 6.24. The lowest BCUT2D eigenvalue weighted by Gasteiger charge is -2.63. The molecule has 0 amide bonds. The predicted molar refractivity (Wildman–Crippen MR) is 128 cm³/mol. The Hall–Kier alpha value is -1.56. The summed E-state index contributed by atoms with van der Waals surface area (Å²) in [4.78, 5) is 14.6. The van der Waals surface area contributed by atoms with Crippen LogP contribution in [0, 0.1) is 5.41 Å². The molecule has 1 saturated heterocycles. The van der Waals surface area contributed by atoms with Crippen LogP contribution >= 0.6 is 39.1 Å². The highest BCUT2D eigenvalue weighted by Crippen LogP contribution is 2.64. The van der Waals surface area contributed by atoms with E-state index in [1.165, 1.54) is 16.8 Å². The van der Waals surface area contributed by atoms with Gasteiger partial charge in [0.1, 0.15) is 11.7 Å². The second-order valence-electron chi connectivity index (χ2n) is 8.72. The molecular formula is C23H21BrCl2N4. The fourth-order valence-corrected chi connectivity index (χ4v) is 7.66. The van der Waals surface area contributed by atoms with Crippen molar-refractivity contribution in [1.82, 2.24) is 4.90 Å². The van der Waals surface area contributed by atoms with Crippen molar-refractivity contribution in [2.24, 2.45) is 15.4 Å². The Morgan fingerprint density at radius 1 is 1.07 bits per heavy atom. The molecule has 4 atom stereocenters. The van der Waals surface area contributed by atoms with E-state index >= 15 is 0 Å². The van der Waals surface area contributed by atoms with Crippen LogP contribution in [0.5, 0.6) is 0 Å². The summed E-state index contributed by atoms with van der Waals surface area (Å²) >= 11 is 18.2. The van der Waals surface area contributed by atoms with Gasteiger partial charge in [0.15, 0.2) is 0 Å². The molecule has 0 radical (unpaired) electrons. The van der Waals surface area contributed by atoms with Crippen LogP contribution in [0.15, 0.2) is 56.9 Å². The Bertz CT molecular complexity index is 1150. The first kappa shape index (κ1) is 19.1. The summed E-state index contributed by atoms with van der Waals surface area (Å²) in [5, 5.41) is -0.384. The fraction of sp³-hybridized carbons (Fsp3) is 0.391. The molecule has 0 saturated carbocycles. The van der Waals surface area contributed by atoms with E-state index in [9.17, 15) is 0 Å². The van der Waals surface area contributed by atoms with E-state index in [0.29, 0.717) is 13.1 Å². The first-order chi connectivity index (χ1) is 14.4. The number of rotatable bonds is 0. The van der Waals surface area contributed by atoms with Gasteiger partial charge in [-0.25, -0.2) is 4.99 Å². The standard InChI is InChI=1S/C23H21BrCl2N4/c1-29-12-19(26)22-10-13-7-8-14(24)9-17(13)30(2)20(22)27-11-18(25)23(22)15-5-3-4-6-16(15)28-21(23)29/h3-9,18-19H,10-12H2,1-2H3/t18-,19+,22-,23-/m1/s1. The number of piperidine rings is 1. The number of anilines is 1. The van der Waals surface area contributed by atoms with Crippen molar-refractivity contribution in [2.45, 2.75) is 22.6 Å². The zero-order valence-electron chi connectivity index (χ0n) is 16.7. The van der Waals surface area contributed by atoms with Crippen molar-refractivity contribution in [1.29, 1.82) is 0 Å². The van der Waals surface area contributed by atoms with Gasteiger partial charge in [-0.15, -0.1) is 23.2 Å². The number of aliphatic imine (C=N–C) groups is 2. The van der Waals surface area contributed by atoms with E-state index in [2.05, 4.69) is 76.2 Å². The maximum absolute atomic E-state index is 7.33. The average molecular weight is 504 g/mol. The van der Waals surface area contributed by atoms with Crippen LogP contribution in [0.1, 0.15) is 11.1 Å². The Labute approximate surface area is 194 Å². The maximum Gasteiger partial charge on any atom is 0.118 e. The quantitative estimate of drug-likeness (QED) is 0.474. The van der Waals surface area contributed by atoms with Crippen molar-refractivity contribution in [3.05, 3.63) is 58.1 Å². The van der Waals surface area contributed by atoms with Crippen LogP contribution in [0.4, 0.5) is 11.4 Å². The Balaban J connectivity index is 1.71. The summed E-state index contributed by atoms with van der Waals surface area (Å²) in [6, 6.07) is 14.9. The molecule has 2 aromatic carbocycles. The minimum absolute atomic E-state index is 0.160. The zero-order chi connectivity index (χ0) is 20.8. The molecule has 1 fully saturated rings. The lowest BCUT2D eigenvalue weighted by Crippen LogP contribution is -2.76. The first-order valence-corrected chi connectivity index (χ1v) is 11.8. The van der Waals surface area contributed by atoms with Crippen molar-refractivity contribution in [3.8, 4) is 0 Å². The van der Waals surface area contributed by atoms with Gasteiger partial charge in [-0.1, -0.05) is 40.2 Å². The number of hydrogen-bond acceptors (Lipinski definition) is 4. The highest BCUT2D eigenvalue weighted by atomic mass is 79.9. The average Bonchev–Trinajstić information content (AvgIpc) is 3.08. The maximum atomic E-state index is 7.33. The molecular weight excluding hydrogens is 483 g/mol. The van der Waals surface area contributed by atoms with Gasteiger partial charge in [-0.2, -0.15) is 0 Å². The molecule has 4 aliphatic rings. The van der Waals surface area contributed by atoms with Gasteiger partial charge in [0.2, 0.25) is 0 Å². The van der Waals surface area contributed by atoms with E-state index < -0.39 is 10.8 Å². The number of benzene rings is 2. The molecule has 7 heteroatoms. The molecule has 0 aromatic heterocycles. The largest absolute Gasteiger partial charge is 0.361 e. The minimum atomic E-state index is -0.513. The summed E-state index contributed by atoms with van der Waals surface area (Å²) in [5.74, 6) is 2.06. The van der Waals surface area contributed by atoms with E-state index in [-0.39, 0.29) is 10.8 Å². The minimum Gasteiger partial charge on any atom is -0.361 e. The van der Waals surface area contributed by atoms with E-state index in [1.54, 1.807) is 0 Å². The molecule has 0 bridgehead atoms. The lowest BCUT2D eigenvalue weighted by atomic mass is 9.49.